The van der Waals surface area contributed by atoms with E-state index in [1.54, 1.807) is 54.5 Å². The molecule has 47 heavy (non-hydrogen) atoms. The third-order valence-corrected chi connectivity index (χ3v) is 9.23. The number of carbonyl (C=O) groups is 1. The number of rotatable bonds is 9. The van der Waals surface area contributed by atoms with Gasteiger partial charge in [-0.2, -0.15) is 12.7 Å². The van der Waals surface area contributed by atoms with Crippen molar-refractivity contribution in [1.29, 1.82) is 0 Å². The van der Waals surface area contributed by atoms with Crippen LogP contribution in [0, 0.1) is 12.7 Å². The van der Waals surface area contributed by atoms with E-state index in [9.17, 15) is 13.2 Å². The summed E-state index contributed by atoms with van der Waals surface area (Å²) in [6, 6.07) is 11.4. The summed E-state index contributed by atoms with van der Waals surface area (Å²) >= 11 is 0. The van der Waals surface area contributed by atoms with Gasteiger partial charge >= 0.3 is 16.3 Å². The van der Waals surface area contributed by atoms with Crippen molar-refractivity contribution in [2.24, 2.45) is 0 Å². The Morgan fingerprint density at radius 2 is 1.87 bits per heavy atom. The highest BCUT2D eigenvalue weighted by molar-refractivity contribution is 7.90. The predicted molar refractivity (Wildman–Crippen MR) is 179 cm³/mol. The third kappa shape index (κ3) is 7.88. The monoisotopic (exact) mass is 665 g/mol. The molecule has 5 rings (SSSR count). The molecule has 1 aliphatic rings. The first-order chi connectivity index (χ1) is 22.3. The lowest BCUT2D eigenvalue weighted by atomic mass is 10.0. The number of pyridine rings is 1. The van der Waals surface area contributed by atoms with Crippen LogP contribution in [-0.4, -0.2) is 77.0 Å². The summed E-state index contributed by atoms with van der Waals surface area (Å²) < 4.78 is 56.1. The second-order valence-electron chi connectivity index (χ2n) is 12.4. The van der Waals surface area contributed by atoms with Gasteiger partial charge < -0.3 is 19.7 Å². The largest absolute Gasteiger partial charge is 0.444 e. The molecule has 0 spiro atoms. The lowest BCUT2D eigenvalue weighted by molar-refractivity contribution is 0.0206. The second kappa shape index (κ2) is 13.7. The van der Waals surface area contributed by atoms with Gasteiger partial charge in [0, 0.05) is 55.9 Å². The van der Waals surface area contributed by atoms with Gasteiger partial charge in [-0.1, -0.05) is 19.1 Å². The van der Waals surface area contributed by atoms with Gasteiger partial charge in [0.15, 0.2) is 0 Å². The highest BCUT2D eigenvalue weighted by Gasteiger charge is 2.28. The number of hydrogen-bond donors (Lipinski definition) is 2. The highest BCUT2D eigenvalue weighted by atomic mass is 32.2. The molecule has 2 N–H and O–H groups in total. The van der Waals surface area contributed by atoms with Crippen molar-refractivity contribution in [3.05, 3.63) is 66.2 Å². The summed E-state index contributed by atoms with van der Waals surface area (Å²) in [7, 11) is -2.58. The molecular formula is C33H40FN7O5S. The van der Waals surface area contributed by atoms with E-state index in [0.29, 0.717) is 46.8 Å². The van der Waals surface area contributed by atoms with E-state index in [-0.39, 0.29) is 30.2 Å². The molecule has 0 saturated carbocycles. The standard InChI is InChI=1S/C33H40FN7O5S/c1-7-40(6)47(43,44)39-28-23-13-12-21(2)29(24(23)14-15-26(28)34)45-30-25(11-8-17-35-30)27-16-18-36-31(38-27)37-22-10-9-19-41(20-22)32(42)46-33(3,4)5/h8,11-18,22,39H,7,9-10,19-20H2,1-6H3,(H,36,37,38)/t22-/m0/s1. The summed E-state index contributed by atoms with van der Waals surface area (Å²) in [5, 5.41) is 4.18. The second-order valence-corrected chi connectivity index (χ2v) is 14.2. The van der Waals surface area contributed by atoms with Crippen molar-refractivity contribution in [2.75, 3.05) is 36.7 Å². The fraction of sp³-hybridized carbons (Fsp3) is 0.394. The van der Waals surface area contributed by atoms with Crippen LogP contribution in [0.15, 0.2) is 54.9 Å². The van der Waals surface area contributed by atoms with E-state index in [0.717, 1.165) is 22.7 Å². The number of carbonyl (C=O) groups excluding carboxylic acids is 1. The maximum absolute atomic E-state index is 15.0. The molecule has 2 aromatic carbocycles. The number of piperidine rings is 1. The molecule has 0 unspecified atom stereocenters. The van der Waals surface area contributed by atoms with Crippen molar-refractivity contribution in [3.63, 3.8) is 0 Å². The summed E-state index contributed by atoms with van der Waals surface area (Å²) in [5.74, 6) is 0.313. The van der Waals surface area contributed by atoms with Gasteiger partial charge in [0.25, 0.3) is 0 Å². The Morgan fingerprint density at radius 3 is 2.62 bits per heavy atom. The average molecular weight is 666 g/mol. The number of nitrogens with one attached hydrogen (secondary N) is 2. The van der Waals surface area contributed by atoms with Gasteiger partial charge in [-0.15, -0.1) is 0 Å². The minimum absolute atomic E-state index is 0.0707. The van der Waals surface area contributed by atoms with Crippen LogP contribution in [0.2, 0.25) is 0 Å². The number of hydrogen-bond acceptors (Lipinski definition) is 9. The van der Waals surface area contributed by atoms with Crippen LogP contribution in [0.25, 0.3) is 22.0 Å². The van der Waals surface area contributed by atoms with E-state index in [2.05, 4.69) is 20.0 Å². The molecule has 1 saturated heterocycles. The zero-order chi connectivity index (χ0) is 33.9. The first-order valence-corrected chi connectivity index (χ1v) is 16.9. The fourth-order valence-electron chi connectivity index (χ4n) is 5.19. The fourth-order valence-corrected chi connectivity index (χ4v) is 6.15. The smallest absolute Gasteiger partial charge is 0.410 e. The zero-order valence-corrected chi connectivity index (χ0v) is 28.2. The summed E-state index contributed by atoms with van der Waals surface area (Å²) in [4.78, 5) is 28.0. The topological polar surface area (TPSA) is 139 Å². The van der Waals surface area contributed by atoms with E-state index in [1.807, 2.05) is 33.8 Å². The Bertz CT molecular complexity index is 1880. The normalized spacial score (nSPS) is 15.5. The van der Waals surface area contributed by atoms with Crippen molar-refractivity contribution >= 4 is 38.7 Å². The Kier molecular flexibility index (Phi) is 9.82. The number of halogens is 1. The number of likely N-dealkylation sites (tertiary alicyclic amines) is 1. The third-order valence-electron chi connectivity index (χ3n) is 7.69. The molecule has 14 heteroatoms. The quantitative estimate of drug-likeness (QED) is 0.209. The predicted octanol–water partition coefficient (Wildman–Crippen LogP) is 6.35. The number of amides is 1. The van der Waals surface area contributed by atoms with Crippen LogP contribution in [0.1, 0.15) is 46.1 Å². The molecule has 1 amide bonds. The molecule has 12 nitrogen and oxygen atoms in total. The van der Waals surface area contributed by atoms with Crippen molar-refractivity contribution in [1.82, 2.24) is 24.2 Å². The number of anilines is 2. The summed E-state index contributed by atoms with van der Waals surface area (Å²) in [6.07, 6.45) is 4.52. The van der Waals surface area contributed by atoms with E-state index < -0.39 is 21.6 Å². The lowest BCUT2D eigenvalue weighted by Crippen LogP contribution is -2.47. The van der Waals surface area contributed by atoms with Crippen molar-refractivity contribution in [2.45, 2.75) is 59.1 Å². The molecule has 0 bridgehead atoms. The molecular weight excluding hydrogens is 625 g/mol. The molecule has 250 valence electrons. The van der Waals surface area contributed by atoms with Crippen LogP contribution in [0.4, 0.5) is 20.8 Å². The number of aryl methyl sites for hydroxylation is 1. The Balaban J connectivity index is 1.42. The van der Waals surface area contributed by atoms with Crippen molar-refractivity contribution in [3.8, 4) is 22.9 Å². The van der Waals surface area contributed by atoms with Crippen molar-refractivity contribution < 1.29 is 27.1 Å². The van der Waals surface area contributed by atoms with E-state index in [4.69, 9.17) is 14.5 Å². The molecule has 0 aliphatic carbocycles. The maximum atomic E-state index is 15.0. The Labute approximate surface area is 274 Å². The van der Waals surface area contributed by atoms with Gasteiger partial charge in [-0.05, 0) is 76.4 Å². The number of nitrogens with zero attached hydrogens (tertiary/aromatic N) is 5. The molecule has 4 aromatic rings. The molecule has 1 fully saturated rings. The molecule has 1 atom stereocenters. The van der Waals surface area contributed by atoms with Gasteiger partial charge in [-0.25, -0.2) is 24.1 Å². The summed E-state index contributed by atoms with van der Waals surface area (Å²) in [5.41, 5.74) is 1.11. The minimum atomic E-state index is -3.99. The van der Waals surface area contributed by atoms with Gasteiger partial charge in [0.2, 0.25) is 11.8 Å². The van der Waals surface area contributed by atoms with Crippen LogP contribution in [0.5, 0.6) is 11.6 Å². The molecule has 3 heterocycles. The average Bonchev–Trinajstić information content (AvgIpc) is 3.03. The molecule has 2 aromatic heterocycles. The van der Waals surface area contributed by atoms with Gasteiger partial charge in [0.05, 0.1) is 16.9 Å². The zero-order valence-electron chi connectivity index (χ0n) is 27.4. The van der Waals surface area contributed by atoms with Crippen LogP contribution in [-0.2, 0) is 14.9 Å². The maximum Gasteiger partial charge on any atom is 0.410 e. The Hall–Kier alpha value is -4.56. The SMILES string of the molecule is CCN(C)S(=O)(=O)Nc1c(F)ccc2c(Oc3ncccc3-c3ccnc(N[C@H]4CCCN(C(=O)OC(C)(C)C)C4)n3)c(C)ccc12. The van der Waals surface area contributed by atoms with Crippen LogP contribution < -0.4 is 14.8 Å². The van der Waals surface area contributed by atoms with Crippen LogP contribution in [0.3, 0.4) is 0 Å². The Morgan fingerprint density at radius 1 is 1.11 bits per heavy atom. The van der Waals surface area contributed by atoms with E-state index in [1.165, 1.54) is 13.1 Å². The van der Waals surface area contributed by atoms with Gasteiger partial charge in [-0.3, -0.25) is 4.72 Å². The first kappa shape index (κ1) is 33.8. The molecule has 1 aliphatic heterocycles. The number of aromatic nitrogens is 3. The number of benzene rings is 2. The number of fused-ring (bicyclic) bond motifs is 1. The minimum Gasteiger partial charge on any atom is -0.444 e. The molecule has 0 radical (unpaired) electrons. The van der Waals surface area contributed by atoms with Crippen LogP contribution >= 0.6 is 0 Å². The highest BCUT2D eigenvalue weighted by Crippen LogP contribution is 2.39. The van der Waals surface area contributed by atoms with E-state index >= 15 is 4.39 Å². The first-order valence-electron chi connectivity index (χ1n) is 15.4. The number of ether oxygens (including phenoxy) is 2. The van der Waals surface area contributed by atoms with Gasteiger partial charge in [0.1, 0.15) is 17.2 Å². The summed E-state index contributed by atoms with van der Waals surface area (Å²) in [6.45, 7) is 10.3. The lowest BCUT2D eigenvalue weighted by Gasteiger charge is -2.34.